The zero-order chi connectivity index (χ0) is 13.2. The highest BCUT2D eigenvalue weighted by atomic mass is 32.2. The van der Waals surface area contributed by atoms with Crippen LogP contribution in [0.5, 0.6) is 5.75 Å². The maximum Gasteiger partial charge on any atom is 0.248 e. The molecule has 0 spiro atoms. The molecule has 1 aromatic carbocycles. The van der Waals surface area contributed by atoms with Crippen molar-refractivity contribution in [2.24, 2.45) is 5.73 Å². The minimum atomic E-state index is -3.61. The largest absolute Gasteiger partial charge is 0.495 e. The van der Waals surface area contributed by atoms with Crippen LogP contribution in [0.1, 0.15) is 10.4 Å². The van der Waals surface area contributed by atoms with Gasteiger partial charge in [-0.2, -0.15) is 0 Å². The topological polar surface area (TPSA) is 89.7 Å². The molecular formula is C10H14N2O4S. The van der Waals surface area contributed by atoms with E-state index in [1.54, 1.807) is 0 Å². The van der Waals surface area contributed by atoms with E-state index in [-0.39, 0.29) is 16.2 Å². The normalized spacial score (nSPS) is 11.5. The third kappa shape index (κ3) is 2.56. The van der Waals surface area contributed by atoms with Gasteiger partial charge >= 0.3 is 0 Å². The van der Waals surface area contributed by atoms with Crippen LogP contribution < -0.4 is 10.5 Å². The lowest BCUT2D eigenvalue weighted by atomic mass is 10.2. The van der Waals surface area contributed by atoms with Crippen molar-refractivity contribution in [2.45, 2.75) is 4.90 Å². The predicted molar refractivity (Wildman–Crippen MR) is 62.4 cm³/mol. The SMILES string of the molecule is COc1cc(C(N)=O)ccc1S(=O)(=O)N(C)C. The number of ether oxygens (including phenoxy) is 1. The van der Waals surface area contributed by atoms with Crippen molar-refractivity contribution in [3.63, 3.8) is 0 Å². The Balaban J connectivity index is 3.42. The van der Waals surface area contributed by atoms with E-state index >= 15 is 0 Å². The molecule has 0 bridgehead atoms. The summed E-state index contributed by atoms with van der Waals surface area (Å²) >= 11 is 0. The Labute approximate surface area is 100 Å². The number of primary amides is 1. The maximum absolute atomic E-state index is 11.9. The molecule has 0 fully saturated rings. The highest BCUT2D eigenvalue weighted by Crippen LogP contribution is 2.26. The molecule has 6 nitrogen and oxygen atoms in total. The van der Waals surface area contributed by atoms with Gasteiger partial charge in [0.05, 0.1) is 7.11 Å². The minimum Gasteiger partial charge on any atom is -0.495 e. The monoisotopic (exact) mass is 258 g/mol. The summed E-state index contributed by atoms with van der Waals surface area (Å²) in [7, 11) is 0.549. The Hall–Kier alpha value is -1.60. The minimum absolute atomic E-state index is 0.00463. The number of methoxy groups -OCH3 is 1. The van der Waals surface area contributed by atoms with E-state index in [0.29, 0.717) is 0 Å². The van der Waals surface area contributed by atoms with E-state index in [9.17, 15) is 13.2 Å². The zero-order valence-corrected chi connectivity index (χ0v) is 10.6. The van der Waals surface area contributed by atoms with Crippen LogP contribution in [0.2, 0.25) is 0 Å². The van der Waals surface area contributed by atoms with Crippen LogP contribution in [0.15, 0.2) is 23.1 Å². The number of amides is 1. The summed E-state index contributed by atoms with van der Waals surface area (Å²) in [6.45, 7) is 0. The summed E-state index contributed by atoms with van der Waals surface area (Å²) in [6.07, 6.45) is 0. The fraction of sp³-hybridized carbons (Fsp3) is 0.300. The number of sulfonamides is 1. The molecular weight excluding hydrogens is 244 g/mol. The van der Waals surface area contributed by atoms with Gasteiger partial charge < -0.3 is 10.5 Å². The van der Waals surface area contributed by atoms with Gasteiger partial charge in [-0.1, -0.05) is 0 Å². The van der Waals surface area contributed by atoms with E-state index < -0.39 is 15.9 Å². The summed E-state index contributed by atoms with van der Waals surface area (Å²) in [5.74, 6) is -0.549. The lowest BCUT2D eigenvalue weighted by Gasteiger charge is -2.14. The first-order chi connectivity index (χ1) is 7.80. The van der Waals surface area contributed by atoms with Gasteiger partial charge in [-0.25, -0.2) is 12.7 Å². The lowest BCUT2D eigenvalue weighted by molar-refractivity contribution is 0.1000. The number of nitrogens with zero attached hydrogens (tertiary/aromatic N) is 1. The third-order valence-electron chi connectivity index (χ3n) is 2.21. The quantitative estimate of drug-likeness (QED) is 0.826. The fourth-order valence-corrected chi connectivity index (χ4v) is 2.26. The number of hydrogen-bond acceptors (Lipinski definition) is 4. The molecule has 0 aliphatic rings. The summed E-state index contributed by atoms with van der Waals surface area (Å²) in [5, 5.41) is 0. The van der Waals surface area contributed by atoms with Crippen molar-refractivity contribution in [2.75, 3.05) is 21.2 Å². The van der Waals surface area contributed by atoms with Crippen molar-refractivity contribution in [1.82, 2.24) is 4.31 Å². The zero-order valence-electron chi connectivity index (χ0n) is 9.80. The third-order valence-corrected chi connectivity index (χ3v) is 4.06. The first-order valence-corrected chi connectivity index (χ1v) is 6.15. The van der Waals surface area contributed by atoms with Crippen molar-refractivity contribution in [3.8, 4) is 5.75 Å². The molecule has 0 atom stereocenters. The summed E-state index contributed by atoms with van der Waals surface area (Å²) in [6, 6.07) is 3.95. The van der Waals surface area contributed by atoms with E-state index in [0.717, 1.165) is 4.31 Å². The molecule has 1 amide bonds. The van der Waals surface area contributed by atoms with Gasteiger partial charge in [0.25, 0.3) is 0 Å². The molecule has 0 radical (unpaired) electrons. The number of hydrogen-bond donors (Lipinski definition) is 1. The number of nitrogens with two attached hydrogens (primary N) is 1. The molecule has 0 saturated heterocycles. The van der Waals surface area contributed by atoms with Gasteiger partial charge in [0.1, 0.15) is 10.6 Å². The van der Waals surface area contributed by atoms with Crippen LogP contribution in [0.4, 0.5) is 0 Å². The van der Waals surface area contributed by atoms with E-state index in [2.05, 4.69) is 0 Å². The van der Waals surface area contributed by atoms with Gasteiger partial charge in [0.15, 0.2) is 0 Å². The summed E-state index contributed by atoms with van der Waals surface area (Å²) in [5.41, 5.74) is 5.30. The van der Waals surface area contributed by atoms with Gasteiger partial charge in [-0.15, -0.1) is 0 Å². The Morgan fingerprint density at radius 1 is 1.35 bits per heavy atom. The number of benzene rings is 1. The molecule has 1 aromatic rings. The fourth-order valence-electron chi connectivity index (χ4n) is 1.23. The Morgan fingerprint density at radius 2 is 1.94 bits per heavy atom. The molecule has 0 unspecified atom stereocenters. The predicted octanol–water partition coefficient (Wildman–Crippen LogP) is 0.0444. The molecule has 2 N–H and O–H groups in total. The summed E-state index contributed by atoms with van der Waals surface area (Å²) < 4.78 is 29.9. The molecule has 0 aromatic heterocycles. The van der Waals surface area contributed by atoms with Crippen LogP contribution in [0.3, 0.4) is 0 Å². The van der Waals surface area contributed by atoms with E-state index in [1.165, 1.54) is 39.4 Å². The molecule has 0 saturated carbocycles. The highest BCUT2D eigenvalue weighted by molar-refractivity contribution is 7.89. The van der Waals surface area contributed by atoms with Gasteiger partial charge in [-0.3, -0.25) is 4.79 Å². The first-order valence-electron chi connectivity index (χ1n) is 4.71. The van der Waals surface area contributed by atoms with Crippen LogP contribution >= 0.6 is 0 Å². The smallest absolute Gasteiger partial charge is 0.248 e. The van der Waals surface area contributed by atoms with Crippen molar-refractivity contribution in [1.29, 1.82) is 0 Å². The highest BCUT2D eigenvalue weighted by Gasteiger charge is 2.22. The standard InChI is InChI=1S/C10H14N2O4S/c1-12(2)17(14,15)9-5-4-7(10(11)13)6-8(9)16-3/h4-6H,1-3H3,(H2,11,13). The molecule has 1 rings (SSSR count). The lowest BCUT2D eigenvalue weighted by Crippen LogP contribution is -2.23. The average molecular weight is 258 g/mol. The van der Waals surface area contributed by atoms with Gasteiger partial charge in [0, 0.05) is 19.7 Å². The van der Waals surface area contributed by atoms with E-state index in [1.807, 2.05) is 0 Å². The number of carbonyl (C=O) groups is 1. The molecule has 94 valence electrons. The van der Waals surface area contributed by atoms with E-state index in [4.69, 9.17) is 10.5 Å². The van der Waals surface area contributed by atoms with Crippen LogP contribution in [-0.4, -0.2) is 39.8 Å². The van der Waals surface area contributed by atoms with Crippen molar-refractivity contribution in [3.05, 3.63) is 23.8 Å². The Kier molecular flexibility index (Phi) is 3.74. The second-order valence-corrected chi connectivity index (χ2v) is 5.64. The van der Waals surface area contributed by atoms with Gasteiger partial charge in [-0.05, 0) is 18.2 Å². The molecule has 17 heavy (non-hydrogen) atoms. The summed E-state index contributed by atoms with van der Waals surface area (Å²) in [4.78, 5) is 11.0. The van der Waals surface area contributed by atoms with Crippen LogP contribution in [0.25, 0.3) is 0 Å². The Bertz CT molecular complexity index is 537. The second-order valence-electron chi connectivity index (χ2n) is 3.52. The van der Waals surface area contributed by atoms with Crippen LogP contribution in [-0.2, 0) is 10.0 Å². The number of carbonyl (C=O) groups excluding carboxylic acids is 1. The number of rotatable bonds is 4. The van der Waals surface area contributed by atoms with Crippen molar-refractivity contribution < 1.29 is 17.9 Å². The van der Waals surface area contributed by atoms with Gasteiger partial charge in [0.2, 0.25) is 15.9 Å². The molecule has 0 heterocycles. The molecule has 0 aliphatic carbocycles. The maximum atomic E-state index is 11.9. The van der Waals surface area contributed by atoms with Crippen molar-refractivity contribution >= 4 is 15.9 Å². The Morgan fingerprint density at radius 3 is 2.35 bits per heavy atom. The molecule has 0 aliphatic heterocycles. The molecule has 7 heteroatoms. The average Bonchev–Trinajstić information content (AvgIpc) is 2.27. The first kappa shape index (κ1) is 13.5. The second kappa shape index (κ2) is 4.72. The van der Waals surface area contributed by atoms with Crippen LogP contribution in [0, 0.1) is 0 Å².